The molecule has 2 rings (SSSR count). The van der Waals surface area contributed by atoms with E-state index in [9.17, 15) is 0 Å². The lowest BCUT2D eigenvalue weighted by Crippen LogP contribution is -2.19. The molecule has 0 unspecified atom stereocenters. The summed E-state index contributed by atoms with van der Waals surface area (Å²) in [6.07, 6.45) is 12.3. The van der Waals surface area contributed by atoms with Crippen LogP contribution in [0.3, 0.4) is 0 Å². The molecule has 2 aromatic rings. The molecule has 0 heterocycles. The SMILES string of the molecule is CCCCCCCCCCNCCC(c1ccccc1)c1ccccc1.O. The lowest BCUT2D eigenvalue weighted by Gasteiger charge is -2.18. The third-order valence-corrected chi connectivity index (χ3v) is 5.22. The third-order valence-electron chi connectivity index (χ3n) is 5.22. The number of unbranched alkanes of at least 4 members (excludes halogenated alkanes) is 7. The van der Waals surface area contributed by atoms with E-state index in [4.69, 9.17) is 0 Å². The van der Waals surface area contributed by atoms with E-state index in [1.807, 2.05) is 0 Å². The van der Waals surface area contributed by atoms with Gasteiger partial charge in [-0.05, 0) is 37.1 Å². The average molecular weight is 370 g/mol. The molecule has 27 heavy (non-hydrogen) atoms. The molecule has 3 N–H and O–H groups in total. The summed E-state index contributed by atoms with van der Waals surface area (Å²) < 4.78 is 0. The van der Waals surface area contributed by atoms with Gasteiger partial charge in [0, 0.05) is 5.92 Å². The second-order valence-corrected chi connectivity index (χ2v) is 7.39. The van der Waals surface area contributed by atoms with Gasteiger partial charge in [0.2, 0.25) is 0 Å². The van der Waals surface area contributed by atoms with Gasteiger partial charge in [-0.3, -0.25) is 0 Å². The summed E-state index contributed by atoms with van der Waals surface area (Å²) in [7, 11) is 0. The zero-order valence-corrected chi connectivity index (χ0v) is 17.1. The summed E-state index contributed by atoms with van der Waals surface area (Å²) in [5.41, 5.74) is 2.85. The van der Waals surface area contributed by atoms with E-state index in [1.165, 1.54) is 62.5 Å². The van der Waals surface area contributed by atoms with Gasteiger partial charge in [0.05, 0.1) is 0 Å². The molecular weight excluding hydrogens is 330 g/mol. The van der Waals surface area contributed by atoms with Gasteiger partial charge < -0.3 is 10.8 Å². The van der Waals surface area contributed by atoms with Crippen LogP contribution in [0, 0.1) is 0 Å². The van der Waals surface area contributed by atoms with Crippen LogP contribution >= 0.6 is 0 Å². The predicted octanol–water partition coefficient (Wildman–Crippen LogP) is 6.11. The molecule has 0 bridgehead atoms. The molecule has 2 nitrogen and oxygen atoms in total. The molecule has 2 heteroatoms. The van der Waals surface area contributed by atoms with E-state index < -0.39 is 0 Å². The Morgan fingerprint density at radius 1 is 0.630 bits per heavy atom. The highest BCUT2D eigenvalue weighted by atomic mass is 16.0. The average Bonchev–Trinajstić information content (AvgIpc) is 2.70. The molecule has 150 valence electrons. The summed E-state index contributed by atoms with van der Waals surface area (Å²) >= 11 is 0. The van der Waals surface area contributed by atoms with Gasteiger partial charge in [0.15, 0.2) is 0 Å². The van der Waals surface area contributed by atoms with E-state index in [1.54, 1.807) is 0 Å². The van der Waals surface area contributed by atoms with Gasteiger partial charge in [0.1, 0.15) is 0 Å². The van der Waals surface area contributed by atoms with Crippen LogP contribution in [-0.4, -0.2) is 18.6 Å². The smallest absolute Gasteiger partial charge is 0.0101 e. The van der Waals surface area contributed by atoms with Gasteiger partial charge in [-0.15, -0.1) is 0 Å². The fourth-order valence-corrected chi connectivity index (χ4v) is 3.65. The first-order valence-corrected chi connectivity index (χ1v) is 10.7. The van der Waals surface area contributed by atoms with Crippen molar-refractivity contribution < 1.29 is 5.48 Å². The van der Waals surface area contributed by atoms with Crippen molar-refractivity contribution in [2.24, 2.45) is 0 Å². The Bertz CT molecular complexity index is 516. The van der Waals surface area contributed by atoms with Crippen LogP contribution in [0.5, 0.6) is 0 Å². The number of rotatable bonds is 14. The number of nitrogens with one attached hydrogen (secondary N) is 1. The highest BCUT2D eigenvalue weighted by molar-refractivity contribution is 5.32. The van der Waals surface area contributed by atoms with Gasteiger partial charge in [-0.2, -0.15) is 0 Å². The van der Waals surface area contributed by atoms with Crippen molar-refractivity contribution in [1.82, 2.24) is 5.32 Å². The minimum Gasteiger partial charge on any atom is -0.412 e. The summed E-state index contributed by atoms with van der Waals surface area (Å²) in [5, 5.41) is 3.67. The Morgan fingerprint density at radius 3 is 1.63 bits per heavy atom. The van der Waals surface area contributed by atoms with Gasteiger partial charge in [-0.25, -0.2) is 0 Å². The predicted molar refractivity (Wildman–Crippen MR) is 118 cm³/mol. The molecule has 0 fully saturated rings. The number of benzene rings is 2. The largest absolute Gasteiger partial charge is 0.412 e. The van der Waals surface area contributed by atoms with E-state index >= 15 is 0 Å². The van der Waals surface area contributed by atoms with Crippen LogP contribution in [0.4, 0.5) is 0 Å². The zero-order valence-electron chi connectivity index (χ0n) is 17.1. The fraction of sp³-hybridized carbons (Fsp3) is 0.520. The molecule has 0 spiro atoms. The molecule has 0 saturated heterocycles. The van der Waals surface area contributed by atoms with E-state index in [0.29, 0.717) is 5.92 Å². The van der Waals surface area contributed by atoms with Crippen molar-refractivity contribution in [2.75, 3.05) is 13.1 Å². The first kappa shape index (κ1) is 23.4. The maximum absolute atomic E-state index is 3.67. The Kier molecular flexibility index (Phi) is 13.4. The van der Waals surface area contributed by atoms with Crippen molar-refractivity contribution >= 4 is 0 Å². The summed E-state index contributed by atoms with van der Waals surface area (Å²) in [5.74, 6) is 0.489. The monoisotopic (exact) mass is 369 g/mol. The van der Waals surface area contributed by atoms with Gasteiger partial charge >= 0.3 is 0 Å². The summed E-state index contributed by atoms with van der Waals surface area (Å²) in [6, 6.07) is 21.9. The van der Waals surface area contributed by atoms with Crippen LogP contribution in [0.25, 0.3) is 0 Å². The van der Waals surface area contributed by atoms with Gasteiger partial charge in [-0.1, -0.05) is 113 Å². The van der Waals surface area contributed by atoms with E-state index in [-0.39, 0.29) is 5.48 Å². The molecule has 0 saturated carbocycles. The lowest BCUT2D eigenvalue weighted by atomic mass is 9.88. The topological polar surface area (TPSA) is 43.5 Å². The minimum absolute atomic E-state index is 0. The van der Waals surface area contributed by atoms with Crippen LogP contribution in [0.1, 0.15) is 81.8 Å². The second-order valence-electron chi connectivity index (χ2n) is 7.39. The van der Waals surface area contributed by atoms with E-state index in [0.717, 1.165) is 19.5 Å². The first-order chi connectivity index (χ1) is 12.9. The first-order valence-electron chi connectivity index (χ1n) is 10.7. The highest BCUT2D eigenvalue weighted by Crippen LogP contribution is 2.27. The Morgan fingerprint density at radius 2 is 1.11 bits per heavy atom. The van der Waals surface area contributed by atoms with Crippen LogP contribution in [-0.2, 0) is 0 Å². The Labute approximate surface area is 166 Å². The maximum Gasteiger partial charge on any atom is 0.0101 e. The molecule has 0 aliphatic heterocycles. The summed E-state index contributed by atoms with van der Waals surface area (Å²) in [4.78, 5) is 0. The molecule has 0 aliphatic carbocycles. The van der Waals surface area contributed by atoms with Crippen molar-refractivity contribution in [2.45, 2.75) is 70.6 Å². The highest BCUT2D eigenvalue weighted by Gasteiger charge is 2.12. The number of hydrogen-bond donors (Lipinski definition) is 1. The Hall–Kier alpha value is -1.64. The van der Waals surface area contributed by atoms with Crippen LogP contribution in [0.2, 0.25) is 0 Å². The molecule has 0 amide bonds. The molecule has 0 radical (unpaired) electrons. The second kappa shape index (κ2) is 15.4. The maximum atomic E-state index is 3.67. The standard InChI is InChI=1S/C25H37N.H2O/c1-2-3-4-5-6-7-8-15-21-26-22-20-25(23-16-11-9-12-17-23)24-18-13-10-14-19-24;/h9-14,16-19,25-26H,2-8,15,20-22H2,1H3;1H2. The molecule has 0 aliphatic rings. The molecule has 2 aromatic carbocycles. The van der Waals surface area contributed by atoms with Crippen molar-refractivity contribution in [3.63, 3.8) is 0 Å². The minimum atomic E-state index is 0. The Balaban J connectivity index is 0.00000364. The van der Waals surface area contributed by atoms with Crippen molar-refractivity contribution in [3.8, 4) is 0 Å². The van der Waals surface area contributed by atoms with E-state index in [2.05, 4.69) is 72.9 Å². The number of hydrogen-bond acceptors (Lipinski definition) is 1. The quantitative estimate of drug-likeness (QED) is 0.401. The van der Waals surface area contributed by atoms with Crippen LogP contribution in [0.15, 0.2) is 60.7 Å². The lowest BCUT2D eigenvalue weighted by molar-refractivity contribution is 0.544. The third kappa shape index (κ3) is 9.74. The van der Waals surface area contributed by atoms with Crippen molar-refractivity contribution in [3.05, 3.63) is 71.8 Å². The van der Waals surface area contributed by atoms with Crippen molar-refractivity contribution in [1.29, 1.82) is 0 Å². The molecular formula is C25H39NO. The summed E-state index contributed by atoms with van der Waals surface area (Å²) in [6.45, 7) is 4.53. The zero-order chi connectivity index (χ0) is 18.3. The van der Waals surface area contributed by atoms with Crippen LogP contribution < -0.4 is 5.32 Å². The fourth-order valence-electron chi connectivity index (χ4n) is 3.65. The normalized spacial score (nSPS) is 10.7. The molecule has 0 atom stereocenters. The van der Waals surface area contributed by atoms with Gasteiger partial charge in [0.25, 0.3) is 0 Å². The molecule has 0 aromatic heterocycles.